The molecule has 74 valence electrons. The Kier molecular flexibility index (Phi) is 3.59. The average Bonchev–Trinajstić information content (AvgIpc) is 2.28. The molecule has 0 aromatic heterocycles. The van der Waals surface area contributed by atoms with Crippen LogP contribution >= 0.6 is 12.6 Å². The van der Waals surface area contributed by atoms with Gasteiger partial charge >= 0.3 is 0 Å². The highest BCUT2D eigenvalue weighted by molar-refractivity contribution is 7.81. The summed E-state index contributed by atoms with van der Waals surface area (Å²) in [6.45, 7) is 1.60. The quantitative estimate of drug-likeness (QED) is 0.588. The van der Waals surface area contributed by atoms with Crippen LogP contribution in [0.3, 0.4) is 0 Å². The van der Waals surface area contributed by atoms with Gasteiger partial charge in [-0.25, -0.2) is 0 Å². The topological polar surface area (TPSA) is 40.6 Å². The third kappa shape index (κ3) is 2.62. The maximum absolute atomic E-state index is 11.4. The lowest BCUT2D eigenvalue weighted by molar-refractivity contribution is -0.136. The van der Waals surface area contributed by atoms with Crippen LogP contribution in [0.15, 0.2) is 0 Å². The zero-order valence-electron chi connectivity index (χ0n) is 7.69. The molecule has 0 atom stereocenters. The lowest BCUT2D eigenvalue weighted by Crippen LogP contribution is -2.38. The van der Waals surface area contributed by atoms with Crippen molar-refractivity contribution in [3.05, 3.63) is 0 Å². The molecule has 0 radical (unpaired) electrons. The van der Waals surface area contributed by atoms with Crippen molar-refractivity contribution in [2.45, 2.75) is 6.42 Å². The van der Waals surface area contributed by atoms with E-state index in [1.807, 2.05) is 0 Å². The van der Waals surface area contributed by atoms with E-state index < -0.39 is 0 Å². The third-order valence-corrected chi connectivity index (χ3v) is 2.43. The summed E-state index contributed by atoms with van der Waals surface area (Å²) in [6.07, 6.45) is 0.849. The predicted octanol–water partition coefficient (Wildman–Crippen LogP) is -0.393. The van der Waals surface area contributed by atoms with Crippen molar-refractivity contribution in [1.29, 1.82) is 0 Å². The lowest BCUT2D eigenvalue weighted by Gasteiger charge is -2.18. The van der Waals surface area contributed by atoms with Gasteiger partial charge in [0.1, 0.15) is 0 Å². The van der Waals surface area contributed by atoms with E-state index in [4.69, 9.17) is 0 Å². The second-order valence-electron chi connectivity index (χ2n) is 3.14. The van der Waals surface area contributed by atoms with E-state index in [0.29, 0.717) is 6.54 Å². The predicted molar refractivity (Wildman–Crippen MR) is 52.7 cm³/mol. The Morgan fingerprint density at radius 2 is 2.23 bits per heavy atom. The number of hydrogen-bond donors (Lipinski definition) is 1. The lowest BCUT2D eigenvalue weighted by atomic mass is 10.4. The summed E-state index contributed by atoms with van der Waals surface area (Å²) >= 11 is 3.90. The fraction of sp³-hybridized carbons (Fsp3) is 0.750. The number of hydrogen-bond acceptors (Lipinski definition) is 3. The van der Waals surface area contributed by atoms with E-state index in [9.17, 15) is 9.59 Å². The largest absolute Gasteiger partial charge is 0.344 e. The summed E-state index contributed by atoms with van der Waals surface area (Å²) in [4.78, 5) is 25.8. The molecule has 0 aromatic carbocycles. The minimum atomic E-state index is -0.0630. The summed E-state index contributed by atoms with van der Waals surface area (Å²) in [6, 6.07) is 0. The van der Waals surface area contributed by atoms with Gasteiger partial charge in [-0.05, 0) is 6.42 Å². The van der Waals surface area contributed by atoms with Crippen molar-refractivity contribution in [1.82, 2.24) is 9.80 Å². The van der Waals surface area contributed by atoms with Crippen LogP contribution in [0.1, 0.15) is 6.42 Å². The number of nitrogens with zero attached hydrogens (tertiary/aromatic N) is 2. The molecule has 0 unspecified atom stereocenters. The van der Waals surface area contributed by atoms with E-state index in [1.54, 1.807) is 16.8 Å². The summed E-state index contributed by atoms with van der Waals surface area (Å²) in [5.41, 5.74) is 0. The highest BCUT2D eigenvalue weighted by Crippen LogP contribution is 2.03. The molecule has 1 aliphatic rings. The molecule has 1 aliphatic heterocycles. The van der Waals surface area contributed by atoms with Gasteiger partial charge in [0.05, 0.1) is 12.3 Å². The highest BCUT2D eigenvalue weighted by atomic mass is 32.1. The van der Waals surface area contributed by atoms with Gasteiger partial charge in [0.15, 0.2) is 0 Å². The van der Waals surface area contributed by atoms with Gasteiger partial charge < -0.3 is 9.80 Å². The van der Waals surface area contributed by atoms with Gasteiger partial charge in [0, 0.05) is 20.1 Å². The van der Waals surface area contributed by atoms with Crippen LogP contribution in [-0.2, 0) is 9.59 Å². The second-order valence-corrected chi connectivity index (χ2v) is 3.46. The molecule has 1 saturated heterocycles. The van der Waals surface area contributed by atoms with E-state index in [1.165, 1.54) is 0 Å². The van der Waals surface area contributed by atoms with Gasteiger partial charge in [-0.3, -0.25) is 9.59 Å². The first-order chi connectivity index (χ1) is 6.15. The molecule has 2 amide bonds. The van der Waals surface area contributed by atoms with Gasteiger partial charge in [0.2, 0.25) is 11.8 Å². The Labute approximate surface area is 83.3 Å². The smallest absolute Gasteiger partial charge is 0.241 e. The van der Waals surface area contributed by atoms with Crippen molar-refractivity contribution >= 4 is 24.4 Å². The van der Waals surface area contributed by atoms with Crippen LogP contribution in [0, 0.1) is 0 Å². The highest BCUT2D eigenvalue weighted by Gasteiger charge is 2.21. The van der Waals surface area contributed by atoms with Crippen molar-refractivity contribution in [3.63, 3.8) is 0 Å². The van der Waals surface area contributed by atoms with Gasteiger partial charge in [0.25, 0.3) is 0 Å². The van der Waals surface area contributed by atoms with Crippen LogP contribution in [0.25, 0.3) is 0 Å². The Bertz CT molecular complexity index is 220. The van der Waals surface area contributed by atoms with Gasteiger partial charge in [-0.2, -0.15) is 12.6 Å². The van der Waals surface area contributed by atoms with Crippen LogP contribution < -0.4 is 0 Å². The molecule has 0 N–H and O–H groups in total. The number of thiol groups is 1. The summed E-state index contributed by atoms with van der Waals surface area (Å²) < 4.78 is 0. The van der Waals surface area contributed by atoms with Crippen LogP contribution in [0.4, 0.5) is 0 Å². The molecule has 1 rings (SSSR count). The summed E-state index contributed by atoms with van der Waals surface area (Å²) in [7, 11) is 1.76. The monoisotopic (exact) mass is 202 g/mol. The molecule has 0 aliphatic carbocycles. The van der Waals surface area contributed by atoms with Crippen molar-refractivity contribution in [2.75, 3.05) is 32.4 Å². The minimum Gasteiger partial charge on any atom is -0.344 e. The molecule has 0 aromatic rings. The fourth-order valence-electron chi connectivity index (χ4n) is 1.30. The SMILES string of the molecule is CN1CCCN(C(=O)CS)CC1=O. The maximum Gasteiger partial charge on any atom is 0.241 e. The second kappa shape index (κ2) is 4.50. The number of rotatable bonds is 1. The number of carbonyl (C=O) groups excluding carboxylic acids is 2. The van der Waals surface area contributed by atoms with Crippen LogP contribution in [0.2, 0.25) is 0 Å². The zero-order valence-corrected chi connectivity index (χ0v) is 8.59. The average molecular weight is 202 g/mol. The van der Waals surface area contributed by atoms with E-state index in [-0.39, 0.29) is 24.1 Å². The fourth-order valence-corrected chi connectivity index (χ4v) is 1.50. The van der Waals surface area contributed by atoms with Crippen molar-refractivity contribution < 1.29 is 9.59 Å². The number of likely N-dealkylation sites (N-methyl/N-ethyl adjacent to an activating group) is 1. The molecular formula is C8H14N2O2S. The van der Waals surface area contributed by atoms with Crippen molar-refractivity contribution in [3.8, 4) is 0 Å². The summed E-state index contributed by atoms with van der Waals surface area (Å²) in [5.74, 6) is 0.122. The van der Waals surface area contributed by atoms with Crippen molar-refractivity contribution in [2.24, 2.45) is 0 Å². The standard InChI is InChI=1S/C8H14N2O2S/c1-9-3-2-4-10(5-7(9)11)8(12)6-13/h13H,2-6H2,1H3. The van der Waals surface area contributed by atoms with E-state index >= 15 is 0 Å². The third-order valence-electron chi connectivity index (χ3n) is 2.16. The van der Waals surface area contributed by atoms with Crippen LogP contribution in [-0.4, -0.2) is 54.0 Å². The first-order valence-corrected chi connectivity index (χ1v) is 4.91. The molecule has 0 saturated carbocycles. The maximum atomic E-state index is 11.4. The van der Waals surface area contributed by atoms with Gasteiger partial charge in [-0.1, -0.05) is 0 Å². The first-order valence-electron chi connectivity index (χ1n) is 4.27. The van der Waals surface area contributed by atoms with E-state index in [2.05, 4.69) is 12.6 Å². The normalized spacial score (nSPS) is 18.8. The Morgan fingerprint density at radius 1 is 1.54 bits per heavy atom. The molecule has 5 heteroatoms. The Morgan fingerprint density at radius 3 is 2.85 bits per heavy atom. The molecule has 0 spiro atoms. The molecule has 1 heterocycles. The molecule has 0 bridgehead atoms. The molecule has 4 nitrogen and oxygen atoms in total. The zero-order chi connectivity index (χ0) is 9.84. The molecule has 13 heavy (non-hydrogen) atoms. The minimum absolute atomic E-state index is 0.00707. The summed E-state index contributed by atoms with van der Waals surface area (Å²) in [5, 5.41) is 0. The molecule has 1 fully saturated rings. The Balaban J connectivity index is 2.59. The van der Waals surface area contributed by atoms with Gasteiger partial charge in [-0.15, -0.1) is 0 Å². The Hall–Kier alpha value is -0.710. The number of carbonyl (C=O) groups is 2. The van der Waals surface area contributed by atoms with Crippen LogP contribution in [0.5, 0.6) is 0 Å². The van der Waals surface area contributed by atoms with E-state index in [0.717, 1.165) is 13.0 Å². The number of amides is 2. The molecular weight excluding hydrogens is 188 g/mol. The first kappa shape index (κ1) is 10.4.